The zero-order valence-electron chi connectivity index (χ0n) is 8.99. The number of H-pyrrole nitrogens is 1. The number of aromatic amines is 1. The van der Waals surface area contributed by atoms with Crippen LogP contribution in [-0.4, -0.2) is 21.1 Å². The number of amides is 1. The third-order valence-electron chi connectivity index (χ3n) is 2.23. The van der Waals surface area contributed by atoms with Crippen molar-refractivity contribution in [3.05, 3.63) is 35.4 Å². The zero-order valence-corrected chi connectivity index (χ0v) is 8.99. The molecule has 1 heterocycles. The van der Waals surface area contributed by atoms with E-state index in [1.54, 1.807) is 13.0 Å². The molecule has 2 aromatic rings. The minimum atomic E-state index is -0.525. The largest absolute Gasteiger partial charge is 0.366 e. The summed E-state index contributed by atoms with van der Waals surface area (Å²) in [5, 5.41) is 8.41. The van der Waals surface area contributed by atoms with Gasteiger partial charge in [0.25, 0.3) is 5.91 Å². The Morgan fingerprint density at radius 3 is 2.94 bits per heavy atom. The van der Waals surface area contributed by atoms with E-state index >= 15 is 0 Å². The van der Waals surface area contributed by atoms with Crippen molar-refractivity contribution in [1.29, 1.82) is 0 Å². The predicted octanol–water partition coefficient (Wildman–Crippen LogP) is 1.09. The number of rotatable bonds is 2. The Bertz CT molecular complexity index is 566. The van der Waals surface area contributed by atoms with Gasteiger partial charge in [0.2, 0.25) is 11.8 Å². The van der Waals surface area contributed by atoms with Gasteiger partial charge in [-0.25, -0.2) is 4.39 Å². The molecule has 0 radical (unpaired) electrons. The molecule has 6 nitrogen and oxygen atoms in total. The molecule has 0 fully saturated rings. The molecule has 0 aliphatic heterocycles. The van der Waals surface area contributed by atoms with Crippen LogP contribution in [0.2, 0.25) is 0 Å². The van der Waals surface area contributed by atoms with Crippen molar-refractivity contribution >= 4 is 17.5 Å². The Morgan fingerprint density at radius 2 is 2.29 bits per heavy atom. The van der Waals surface area contributed by atoms with Crippen molar-refractivity contribution in [2.24, 2.45) is 0 Å². The van der Waals surface area contributed by atoms with Crippen molar-refractivity contribution in [1.82, 2.24) is 15.2 Å². The maximum atomic E-state index is 13.2. The Labute approximate surface area is 96.1 Å². The van der Waals surface area contributed by atoms with E-state index in [1.807, 2.05) is 0 Å². The molecular formula is C10H10FN5O. The number of hydrogen-bond acceptors (Lipinski definition) is 4. The lowest BCUT2D eigenvalue weighted by Crippen LogP contribution is -2.15. The Hall–Kier alpha value is -2.44. The second-order valence-corrected chi connectivity index (χ2v) is 3.41. The first-order valence-electron chi connectivity index (χ1n) is 4.82. The van der Waals surface area contributed by atoms with Crippen molar-refractivity contribution < 1.29 is 9.18 Å². The first-order chi connectivity index (χ1) is 8.08. The van der Waals surface area contributed by atoms with E-state index in [4.69, 9.17) is 5.73 Å². The summed E-state index contributed by atoms with van der Waals surface area (Å²) in [5.41, 5.74) is 6.00. The van der Waals surface area contributed by atoms with Gasteiger partial charge in [0.1, 0.15) is 5.82 Å². The molecule has 88 valence electrons. The van der Waals surface area contributed by atoms with Crippen LogP contribution >= 0.6 is 0 Å². The molecule has 0 unspecified atom stereocenters. The maximum absolute atomic E-state index is 13.2. The highest BCUT2D eigenvalue weighted by Gasteiger charge is 2.12. The standard InChI is InChI=1S/C10H10FN5O/c1-5-6(11)3-2-4-7(5)13-9(17)8-14-10(12)16-15-8/h2-4H,1H3,(H,13,17)(H3,12,14,15,16). The summed E-state index contributed by atoms with van der Waals surface area (Å²) in [4.78, 5) is 15.3. The summed E-state index contributed by atoms with van der Waals surface area (Å²) >= 11 is 0. The smallest absolute Gasteiger partial charge is 0.293 e. The second-order valence-electron chi connectivity index (χ2n) is 3.41. The summed E-state index contributed by atoms with van der Waals surface area (Å²) < 4.78 is 13.2. The average molecular weight is 235 g/mol. The average Bonchev–Trinajstić information content (AvgIpc) is 2.72. The SMILES string of the molecule is Cc1c(F)cccc1NC(=O)c1nc(N)n[nH]1. The Morgan fingerprint density at radius 1 is 1.53 bits per heavy atom. The number of hydrogen-bond donors (Lipinski definition) is 3. The lowest BCUT2D eigenvalue weighted by molar-refractivity contribution is 0.101. The fourth-order valence-corrected chi connectivity index (χ4v) is 1.30. The van der Waals surface area contributed by atoms with Gasteiger partial charge in [-0.15, -0.1) is 5.10 Å². The van der Waals surface area contributed by atoms with Crippen LogP contribution in [0.5, 0.6) is 0 Å². The van der Waals surface area contributed by atoms with Gasteiger partial charge in [-0.3, -0.25) is 9.89 Å². The summed E-state index contributed by atoms with van der Waals surface area (Å²) in [5.74, 6) is -0.958. The number of carbonyl (C=O) groups is 1. The molecule has 7 heteroatoms. The van der Waals surface area contributed by atoms with Gasteiger partial charge in [-0.1, -0.05) is 6.07 Å². The number of nitrogens with two attached hydrogens (primary N) is 1. The minimum Gasteiger partial charge on any atom is -0.366 e. The molecule has 4 N–H and O–H groups in total. The van der Waals surface area contributed by atoms with E-state index in [2.05, 4.69) is 20.5 Å². The van der Waals surface area contributed by atoms with Gasteiger partial charge in [0, 0.05) is 11.3 Å². The van der Waals surface area contributed by atoms with E-state index in [1.165, 1.54) is 12.1 Å². The molecule has 0 spiro atoms. The third-order valence-corrected chi connectivity index (χ3v) is 2.23. The first kappa shape index (κ1) is 11.1. The summed E-state index contributed by atoms with van der Waals surface area (Å²) in [6.07, 6.45) is 0. The van der Waals surface area contributed by atoms with E-state index in [0.717, 1.165) is 0 Å². The monoisotopic (exact) mass is 235 g/mol. The maximum Gasteiger partial charge on any atom is 0.293 e. The molecule has 0 bridgehead atoms. The van der Waals surface area contributed by atoms with Crippen LogP contribution in [0, 0.1) is 12.7 Å². The van der Waals surface area contributed by atoms with Crippen molar-refractivity contribution in [3.63, 3.8) is 0 Å². The summed E-state index contributed by atoms with van der Waals surface area (Å²) in [6, 6.07) is 4.42. The molecule has 0 saturated carbocycles. The predicted molar refractivity (Wildman–Crippen MR) is 59.9 cm³/mol. The lowest BCUT2D eigenvalue weighted by atomic mass is 10.2. The number of nitrogen functional groups attached to an aromatic ring is 1. The highest BCUT2D eigenvalue weighted by Crippen LogP contribution is 2.17. The normalized spacial score (nSPS) is 10.2. The van der Waals surface area contributed by atoms with Gasteiger partial charge >= 0.3 is 0 Å². The number of benzene rings is 1. The van der Waals surface area contributed by atoms with Gasteiger partial charge in [-0.05, 0) is 19.1 Å². The van der Waals surface area contributed by atoms with Crippen LogP contribution < -0.4 is 11.1 Å². The number of halogens is 1. The van der Waals surface area contributed by atoms with Gasteiger partial charge in [0.15, 0.2) is 0 Å². The van der Waals surface area contributed by atoms with Crippen LogP contribution in [0.15, 0.2) is 18.2 Å². The molecule has 0 aliphatic rings. The van der Waals surface area contributed by atoms with Gasteiger partial charge < -0.3 is 11.1 Å². The summed E-state index contributed by atoms with van der Waals surface area (Å²) in [7, 11) is 0. The molecule has 1 aromatic carbocycles. The molecule has 17 heavy (non-hydrogen) atoms. The number of nitrogens with one attached hydrogen (secondary N) is 2. The van der Waals surface area contributed by atoms with Crippen LogP contribution in [0.3, 0.4) is 0 Å². The highest BCUT2D eigenvalue weighted by molar-refractivity contribution is 6.02. The van der Waals surface area contributed by atoms with Crippen LogP contribution in [0.1, 0.15) is 16.2 Å². The molecule has 0 aliphatic carbocycles. The Balaban J connectivity index is 2.21. The highest BCUT2D eigenvalue weighted by atomic mass is 19.1. The molecule has 0 atom stereocenters. The van der Waals surface area contributed by atoms with Crippen LogP contribution in [-0.2, 0) is 0 Å². The van der Waals surface area contributed by atoms with Crippen molar-refractivity contribution in [2.45, 2.75) is 6.92 Å². The third kappa shape index (κ3) is 2.22. The van der Waals surface area contributed by atoms with Crippen LogP contribution in [0.25, 0.3) is 0 Å². The molecule has 1 aromatic heterocycles. The molecular weight excluding hydrogens is 225 g/mol. The van der Waals surface area contributed by atoms with E-state index in [9.17, 15) is 9.18 Å². The molecule has 2 rings (SSSR count). The van der Waals surface area contributed by atoms with Gasteiger partial charge in [-0.2, -0.15) is 4.98 Å². The topological polar surface area (TPSA) is 96.7 Å². The summed E-state index contributed by atoms with van der Waals surface area (Å²) in [6.45, 7) is 1.57. The van der Waals surface area contributed by atoms with Gasteiger partial charge in [0.05, 0.1) is 0 Å². The second kappa shape index (κ2) is 4.20. The molecule has 0 saturated heterocycles. The van der Waals surface area contributed by atoms with E-state index < -0.39 is 5.91 Å². The lowest BCUT2D eigenvalue weighted by Gasteiger charge is -2.06. The van der Waals surface area contributed by atoms with Crippen LogP contribution in [0.4, 0.5) is 16.0 Å². The minimum absolute atomic E-state index is 0.0221. The Kier molecular flexibility index (Phi) is 2.73. The number of nitrogens with zero attached hydrogens (tertiary/aromatic N) is 2. The van der Waals surface area contributed by atoms with E-state index in [-0.39, 0.29) is 17.6 Å². The number of anilines is 2. The zero-order chi connectivity index (χ0) is 12.4. The first-order valence-corrected chi connectivity index (χ1v) is 4.82. The number of aromatic nitrogens is 3. The molecule has 1 amide bonds. The fourth-order valence-electron chi connectivity index (χ4n) is 1.30. The fraction of sp³-hybridized carbons (Fsp3) is 0.100. The quantitative estimate of drug-likeness (QED) is 0.725. The number of carbonyl (C=O) groups excluding carboxylic acids is 1. The van der Waals surface area contributed by atoms with Crippen molar-refractivity contribution in [3.8, 4) is 0 Å². The van der Waals surface area contributed by atoms with E-state index in [0.29, 0.717) is 11.3 Å². The van der Waals surface area contributed by atoms with Crippen molar-refractivity contribution in [2.75, 3.05) is 11.1 Å².